The minimum Gasteiger partial charge on any atom is -0.372 e. The van der Waals surface area contributed by atoms with E-state index in [1.165, 1.54) is 0 Å². The lowest BCUT2D eigenvalue weighted by atomic mass is 10.2. The van der Waals surface area contributed by atoms with Crippen LogP contribution < -0.4 is 5.32 Å². The van der Waals surface area contributed by atoms with Crippen molar-refractivity contribution in [2.75, 3.05) is 11.9 Å². The Balaban J connectivity index is 2.16. The molecule has 1 N–H and O–H groups in total. The number of nitrogens with zero attached hydrogens (tertiary/aromatic N) is 3. The van der Waals surface area contributed by atoms with E-state index in [-0.39, 0.29) is 0 Å². The molecule has 0 amide bonds. The van der Waals surface area contributed by atoms with E-state index in [2.05, 4.69) is 15.5 Å². The van der Waals surface area contributed by atoms with Crippen LogP contribution in [0.2, 0.25) is 0 Å². The third kappa shape index (κ3) is 2.17. The predicted molar refractivity (Wildman–Crippen MR) is 58.6 cm³/mol. The van der Waals surface area contributed by atoms with Crippen LogP contribution in [-0.2, 0) is 0 Å². The fraction of sp³-hybridized carbons (Fsp3) is 0.182. The van der Waals surface area contributed by atoms with Gasteiger partial charge in [0, 0.05) is 18.2 Å². The Bertz CT molecular complexity index is 510. The maximum absolute atomic E-state index is 8.42. The van der Waals surface area contributed by atoms with E-state index >= 15 is 0 Å². The van der Waals surface area contributed by atoms with Gasteiger partial charge in [0.1, 0.15) is 6.54 Å². The van der Waals surface area contributed by atoms with Gasteiger partial charge in [0.2, 0.25) is 11.7 Å². The zero-order valence-corrected chi connectivity index (χ0v) is 8.77. The topological polar surface area (TPSA) is 74.7 Å². The van der Waals surface area contributed by atoms with Gasteiger partial charge in [-0.15, -0.1) is 0 Å². The Morgan fingerprint density at radius 2 is 2.12 bits per heavy atom. The highest BCUT2D eigenvalue weighted by molar-refractivity contribution is 5.59. The standard InChI is InChI=1S/C11H10N4O/c1-8-14-11(15-16-8)9-2-4-10(5-3-9)13-7-6-12/h2-5,13H,7H2,1H3. The first-order valence-electron chi connectivity index (χ1n) is 4.81. The van der Waals surface area contributed by atoms with E-state index in [1.807, 2.05) is 30.3 Å². The average molecular weight is 214 g/mol. The maximum atomic E-state index is 8.42. The van der Waals surface area contributed by atoms with Crippen LogP contribution in [0.15, 0.2) is 28.8 Å². The molecular formula is C11H10N4O. The number of nitriles is 1. The van der Waals surface area contributed by atoms with Crippen molar-refractivity contribution in [3.05, 3.63) is 30.2 Å². The largest absolute Gasteiger partial charge is 0.372 e. The lowest BCUT2D eigenvalue weighted by Gasteiger charge is -2.01. The molecule has 0 radical (unpaired) electrons. The van der Waals surface area contributed by atoms with Crippen molar-refractivity contribution >= 4 is 5.69 Å². The van der Waals surface area contributed by atoms with Crippen LogP contribution in [0, 0.1) is 18.3 Å². The van der Waals surface area contributed by atoms with Crippen LogP contribution in [-0.4, -0.2) is 16.7 Å². The van der Waals surface area contributed by atoms with E-state index in [9.17, 15) is 0 Å². The number of hydrogen-bond acceptors (Lipinski definition) is 5. The van der Waals surface area contributed by atoms with Gasteiger partial charge in [0.05, 0.1) is 6.07 Å². The van der Waals surface area contributed by atoms with E-state index in [4.69, 9.17) is 9.78 Å². The van der Waals surface area contributed by atoms with E-state index in [1.54, 1.807) is 6.92 Å². The van der Waals surface area contributed by atoms with Crippen molar-refractivity contribution in [2.45, 2.75) is 6.92 Å². The molecule has 16 heavy (non-hydrogen) atoms. The summed E-state index contributed by atoms with van der Waals surface area (Å²) in [5.74, 6) is 1.12. The number of hydrogen-bond donors (Lipinski definition) is 1. The molecule has 0 fully saturated rings. The summed E-state index contributed by atoms with van der Waals surface area (Å²) in [5.41, 5.74) is 1.78. The maximum Gasteiger partial charge on any atom is 0.223 e. The smallest absolute Gasteiger partial charge is 0.223 e. The second-order valence-electron chi connectivity index (χ2n) is 3.23. The van der Waals surface area contributed by atoms with Crippen LogP contribution in [0.25, 0.3) is 11.4 Å². The Labute approximate surface area is 92.7 Å². The summed E-state index contributed by atoms with van der Waals surface area (Å²) in [5, 5.41) is 15.2. The van der Waals surface area contributed by atoms with Gasteiger partial charge < -0.3 is 9.84 Å². The molecule has 0 saturated carbocycles. The van der Waals surface area contributed by atoms with E-state index < -0.39 is 0 Å². The van der Waals surface area contributed by atoms with Gasteiger partial charge in [0.15, 0.2) is 0 Å². The minimum absolute atomic E-state index is 0.292. The lowest BCUT2D eigenvalue weighted by molar-refractivity contribution is 0.394. The molecular weight excluding hydrogens is 204 g/mol. The Morgan fingerprint density at radius 3 is 2.69 bits per heavy atom. The Hall–Kier alpha value is -2.35. The SMILES string of the molecule is Cc1nc(-c2ccc(NCC#N)cc2)no1. The number of rotatable bonds is 3. The molecule has 1 aromatic heterocycles. The van der Waals surface area contributed by atoms with Gasteiger partial charge in [-0.3, -0.25) is 0 Å². The summed E-state index contributed by atoms with van der Waals surface area (Å²) >= 11 is 0. The normalized spacial score (nSPS) is 9.75. The Morgan fingerprint density at radius 1 is 1.38 bits per heavy atom. The molecule has 80 valence electrons. The third-order valence-corrected chi connectivity index (χ3v) is 2.04. The molecule has 0 atom stereocenters. The van der Waals surface area contributed by atoms with Crippen molar-refractivity contribution < 1.29 is 4.52 Å². The summed E-state index contributed by atoms with van der Waals surface area (Å²) in [4.78, 5) is 4.12. The van der Waals surface area contributed by atoms with Gasteiger partial charge in [0.25, 0.3) is 0 Å². The van der Waals surface area contributed by atoms with Crippen LogP contribution in [0.3, 0.4) is 0 Å². The number of aryl methyl sites for hydroxylation is 1. The molecule has 5 nitrogen and oxygen atoms in total. The second kappa shape index (κ2) is 4.45. The first kappa shape index (κ1) is 10.2. The number of anilines is 1. The first-order valence-corrected chi connectivity index (χ1v) is 4.81. The molecule has 0 bridgehead atoms. The molecule has 5 heteroatoms. The van der Waals surface area contributed by atoms with Crippen molar-refractivity contribution in [2.24, 2.45) is 0 Å². The number of aromatic nitrogens is 2. The van der Waals surface area contributed by atoms with Gasteiger partial charge >= 0.3 is 0 Å². The number of nitrogens with one attached hydrogen (secondary N) is 1. The van der Waals surface area contributed by atoms with Crippen LogP contribution >= 0.6 is 0 Å². The monoisotopic (exact) mass is 214 g/mol. The van der Waals surface area contributed by atoms with Gasteiger partial charge in [-0.25, -0.2) is 0 Å². The molecule has 1 aromatic carbocycles. The van der Waals surface area contributed by atoms with Gasteiger partial charge in [-0.1, -0.05) is 5.16 Å². The number of benzene rings is 1. The van der Waals surface area contributed by atoms with Gasteiger partial charge in [-0.05, 0) is 24.3 Å². The van der Waals surface area contributed by atoms with Gasteiger partial charge in [-0.2, -0.15) is 10.2 Å². The highest BCUT2D eigenvalue weighted by Crippen LogP contribution is 2.18. The summed E-state index contributed by atoms with van der Waals surface area (Å²) in [6.07, 6.45) is 0. The van der Waals surface area contributed by atoms with Crippen molar-refractivity contribution in [3.8, 4) is 17.5 Å². The predicted octanol–water partition coefficient (Wildman–Crippen LogP) is 1.98. The molecule has 0 aliphatic carbocycles. The quantitative estimate of drug-likeness (QED) is 0.790. The summed E-state index contributed by atoms with van der Waals surface area (Å²) in [6.45, 7) is 2.04. The average Bonchev–Trinajstić information content (AvgIpc) is 2.74. The summed E-state index contributed by atoms with van der Waals surface area (Å²) < 4.78 is 4.89. The van der Waals surface area contributed by atoms with Crippen LogP contribution in [0.5, 0.6) is 0 Å². The Kier molecular flexibility index (Phi) is 2.83. The minimum atomic E-state index is 0.292. The molecule has 0 spiro atoms. The van der Waals surface area contributed by atoms with Crippen molar-refractivity contribution in [3.63, 3.8) is 0 Å². The first-order chi connectivity index (χ1) is 7.79. The van der Waals surface area contributed by atoms with E-state index in [0.29, 0.717) is 18.3 Å². The van der Waals surface area contributed by atoms with Crippen LogP contribution in [0.4, 0.5) is 5.69 Å². The third-order valence-electron chi connectivity index (χ3n) is 2.04. The van der Waals surface area contributed by atoms with Crippen molar-refractivity contribution in [1.29, 1.82) is 5.26 Å². The molecule has 0 aliphatic rings. The molecule has 1 heterocycles. The second-order valence-corrected chi connectivity index (χ2v) is 3.23. The highest BCUT2D eigenvalue weighted by Gasteiger charge is 2.04. The zero-order chi connectivity index (χ0) is 11.4. The summed E-state index contributed by atoms with van der Waals surface area (Å²) in [6, 6.07) is 9.52. The summed E-state index contributed by atoms with van der Waals surface area (Å²) in [7, 11) is 0. The zero-order valence-electron chi connectivity index (χ0n) is 8.77. The molecule has 0 saturated heterocycles. The fourth-order valence-electron chi connectivity index (χ4n) is 1.30. The fourth-order valence-corrected chi connectivity index (χ4v) is 1.30. The highest BCUT2D eigenvalue weighted by atomic mass is 16.5. The van der Waals surface area contributed by atoms with Crippen molar-refractivity contribution in [1.82, 2.24) is 10.1 Å². The van der Waals surface area contributed by atoms with E-state index in [0.717, 1.165) is 11.3 Å². The molecule has 2 aromatic rings. The lowest BCUT2D eigenvalue weighted by Crippen LogP contribution is -1.97. The van der Waals surface area contributed by atoms with Crippen LogP contribution in [0.1, 0.15) is 5.89 Å². The molecule has 0 aliphatic heterocycles. The molecule has 0 unspecified atom stereocenters. The molecule has 2 rings (SSSR count).